The first-order valence-corrected chi connectivity index (χ1v) is 6.89. The first-order chi connectivity index (χ1) is 8.74. The Bertz CT molecular complexity index is 423. The molecule has 1 saturated heterocycles. The van der Waals surface area contributed by atoms with Crippen molar-refractivity contribution in [3.8, 4) is 0 Å². The van der Waals surface area contributed by atoms with Gasteiger partial charge in [-0.25, -0.2) is 4.98 Å². The van der Waals surface area contributed by atoms with Crippen LogP contribution in [0.4, 0.5) is 0 Å². The van der Waals surface area contributed by atoms with Crippen LogP contribution in [-0.4, -0.2) is 53.4 Å². The van der Waals surface area contributed by atoms with E-state index in [1.165, 1.54) is 11.3 Å². The summed E-state index contributed by atoms with van der Waals surface area (Å²) in [7, 11) is 0. The molecule has 98 valence electrons. The summed E-state index contributed by atoms with van der Waals surface area (Å²) in [5.74, 6) is 0.0178. The average Bonchev–Trinajstić information content (AvgIpc) is 2.88. The predicted octanol–water partition coefficient (Wildman–Crippen LogP) is 0.546. The van der Waals surface area contributed by atoms with Gasteiger partial charge in [-0.1, -0.05) is 6.08 Å². The van der Waals surface area contributed by atoms with E-state index in [4.69, 9.17) is 5.73 Å². The molecule has 2 N–H and O–H groups in total. The second kappa shape index (κ2) is 6.08. The maximum Gasteiger partial charge on any atom is 0.273 e. The summed E-state index contributed by atoms with van der Waals surface area (Å²) in [6, 6.07) is 0. The number of nitrogens with two attached hydrogens (primary N) is 1. The lowest BCUT2D eigenvalue weighted by molar-refractivity contribution is 0.0645. The molecule has 2 rings (SSSR count). The van der Waals surface area contributed by atoms with Crippen molar-refractivity contribution in [2.24, 2.45) is 5.73 Å². The number of thiazole rings is 1. The number of hydrogen-bond acceptors (Lipinski definition) is 5. The highest BCUT2D eigenvalue weighted by molar-refractivity contribution is 7.09. The topological polar surface area (TPSA) is 62.5 Å². The van der Waals surface area contributed by atoms with Crippen LogP contribution in [0.15, 0.2) is 18.0 Å². The van der Waals surface area contributed by atoms with Crippen molar-refractivity contribution in [2.75, 3.05) is 32.7 Å². The molecule has 1 aromatic heterocycles. The van der Waals surface area contributed by atoms with E-state index in [9.17, 15) is 4.79 Å². The van der Waals surface area contributed by atoms with Crippen LogP contribution in [0.5, 0.6) is 0 Å². The Morgan fingerprint density at radius 1 is 1.50 bits per heavy atom. The molecule has 0 aromatic carbocycles. The molecule has 1 aromatic rings. The second-order valence-electron chi connectivity index (χ2n) is 4.21. The third-order valence-corrected chi connectivity index (χ3v) is 3.86. The zero-order chi connectivity index (χ0) is 13.0. The van der Waals surface area contributed by atoms with Gasteiger partial charge in [-0.05, 0) is 0 Å². The lowest BCUT2D eigenvalue weighted by atomic mass is 10.3. The Hall–Kier alpha value is -1.24. The van der Waals surface area contributed by atoms with Crippen LogP contribution in [0.25, 0.3) is 0 Å². The molecule has 1 amide bonds. The molecule has 0 bridgehead atoms. The number of amides is 1. The van der Waals surface area contributed by atoms with E-state index in [0.29, 0.717) is 12.2 Å². The van der Waals surface area contributed by atoms with Gasteiger partial charge in [0.1, 0.15) is 10.7 Å². The van der Waals surface area contributed by atoms with Crippen molar-refractivity contribution >= 4 is 17.2 Å². The summed E-state index contributed by atoms with van der Waals surface area (Å²) in [5, 5.41) is 2.60. The van der Waals surface area contributed by atoms with Gasteiger partial charge in [0.15, 0.2) is 0 Å². The normalized spacial score (nSPS) is 16.8. The molecule has 0 spiro atoms. The predicted molar refractivity (Wildman–Crippen MR) is 72.5 cm³/mol. The number of rotatable bonds is 4. The molecule has 0 saturated carbocycles. The minimum atomic E-state index is 0.0178. The third kappa shape index (κ3) is 2.95. The van der Waals surface area contributed by atoms with Gasteiger partial charge in [0.2, 0.25) is 0 Å². The van der Waals surface area contributed by atoms with E-state index in [1.807, 2.05) is 11.0 Å². The molecule has 6 heteroatoms. The quantitative estimate of drug-likeness (QED) is 0.808. The first-order valence-electron chi connectivity index (χ1n) is 6.01. The second-order valence-corrected chi connectivity index (χ2v) is 5.15. The smallest absolute Gasteiger partial charge is 0.273 e. The maximum atomic E-state index is 12.2. The Morgan fingerprint density at radius 3 is 2.78 bits per heavy atom. The minimum Gasteiger partial charge on any atom is -0.335 e. The molecule has 0 unspecified atom stereocenters. The van der Waals surface area contributed by atoms with Crippen LogP contribution < -0.4 is 5.73 Å². The molecule has 2 heterocycles. The standard InChI is InChI=1S/C12H18N4OS/c1-2-3-15-4-6-16(7-5-15)12(17)10-9-18-11(8-13)14-10/h2,9H,1,3-8,13H2. The number of aromatic nitrogens is 1. The van der Waals surface area contributed by atoms with E-state index < -0.39 is 0 Å². The molecular weight excluding hydrogens is 248 g/mol. The molecule has 1 aliphatic rings. The number of hydrogen-bond donors (Lipinski definition) is 1. The van der Waals surface area contributed by atoms with Gasteiger partial charge in [0.25, 0.3) is 5.91 Å². The number of carbonyl (C=O) groups excluding carboxylic acids is 1. The van der Waals surface area contributed by atoms with E-state index in [-0.39, 0.29) is 5.91 Å². The molecule has 18 heavy (non-hydrogen) atoms. The highest BCUT2D eigenvalue weighted by Gasteiger charge is 2.23. The maximum absolute atomic E-state index is 12.2. The summed E-state index contributed by atoms with van der Waals surface area (Å²) in [4.78, 5) is 20.6. The lowest BCUT2D eigenvalue weighted by Crippen LogP contribution is -2.48. The van der Waals surface area contributed by atoms with E-state index in [2.05, 4.69) is 16.5 Å². The number of nitrogens with zero attached hydrogens (tertiary/aromatic N) is 3. The van der Waals surface area contributed by atoms with Crippen molar-refractivity contribution < 1.29 is 4.79 Å². The number of carbonyl (C=O) groups is 1. The average molecular weight is 266 g/mol. The summed E-state index contributed by atoms with van der Waals surface area (Å²) < 4.78 is 0. The fraction of sp³-hybridized carbons (Fsp3) is 0.500. The van der Waals surface area contributed by atoms with Crippen molar-refractivity contribution in [3.63, 3.8) is 0 Å². The molecular formula is C12H18N4OS. The van der Waals surface area contributed by atoms with E-state index in [1.54, 1.807) is 5.38 Å². The van der Waals surface area contributed by atoms with Gasteiger partial charge in [-0.3, -0.25) is 9.69 Å². The fourth-order valence-electron chi connectivity index (χ4n) is 1.98. The molecule has 1 aliphatic heterocycles. The van der Waals surface area contributed by atoms with Crippen molar-refractivity contribution in [1.29, 1.82) is 0 Å². The number of piperazine rings is 1. The van der Waals surface area contributed by atoms with Crippen molar-refractivity contribution in [3.05, 3.63) is 28.7 Å². The Kier molecular flexibility index (Phi) is 4.46. The van der Waals surface area contributed by atoms with Gasteiger partial charge in [0, 0.05) is 44.6 Å². The van der Waals surface area contributed by atoms with Crippen LogP contribution in [0.1, 0.15) is 15.5 Å². The van der Waals surface area contributed by atoms with Crippen LogP contribution in [0, 0.1) is 0 Å². The zero-order valence-electron chi connectivity index (χ0n) is 10.3. The lowest BCUT2D eigenvalue weighted by Gasteiger charge is -2.33. The fourth-order valence-corrected chi connectivity index (χ4v) is 2.63. The van der Waals surface area contributed by atoms with E-state index >= 15 is 0 Å². The SMILES string of the molecule is C=CCN1CCN(C(=O)c2csc(CN)n2)CC1. The van der Waals surface area contributed by atoms with Gasteiger partial charge in [-0.2, -0.15) is 0 Å². The third-order valence-electron chi connectivity index (χ3n) is 2.99. The summed E-state index contributed by atoms with van der Waals surface area (Å²) in [6.07, 6.45) is 1.89. The van der Waals surface area contributed by atoms with Gasteiger partial charge < -0.3 is 10.6 Å². The largest absolute Gasteiger partial charge is 0.335 e. The molecule has 0 atom stereocenters. The van der Waals surface area contributed by atoms with Crippen molar-refractivity contribution in [1.82, 2.24) is 14.8 Å². The Labute approximate surface area is 111 Å². The highest BCUT2D eigenvalue weighted by atomic mass is 32.1. The van der Waals surface area contributed by atoms with Crippen LogP contribution >= 0.6 is 11.3 Å². The van der Waals surface area contributed by atoms with Crippen LogP contribution in [0.2, 0.25) is 0 Å². The summed E-state index contributed by atoms with van der Waals surface area (Å²) in [5.41, 5.74) is 6.03. The highest BCUT2D eigenvalue weighted by Crippen LogP contribution is 2.12. The molecule has 0 aliphatic carbocycles. The zero-order valence-corrected chi connectivity index (χ0v) is 11.2. The minimum absolute atomic E-state index is 0.0178. The Balaban J connectivity index is 1.92. The molecule has 0 radical (unpaired) electrons. The van der Waals surface area contributed by atoms with Crippen molar-refractivity contribution in [2.45, 2.75) is 6.54 Å². The van der Waals surface area contributed by atoms with Crippen LogP contribution in [-0.2, 0) is 6.54 Å². The monoisotopic (exact) mass is 266 g/mol. The summed E-state index contributed by atoms with van der Waals surface area (Å²) in [6.45, 7) is 8.30. The first kappa shape index (κ1) is 13.2. The van der Waals surface area contributed by atoms with Gasteiger partial charge in [0.05, 0.1) is 0 Å². The van der Waals surface area contributed by atoms with Crippen LogP contribution in [0.3, 0.4) is 0 Å². The van der Waals surface area contributed by atoms with Gasteiger partial charge in [-0.15, -0.1) is 17.9 Å². The van der Waals surface area contributed by atoms with Gasteiger partial charge >= 0.3 is 0 Å². The molecule has 1 fully saturated rings. The molecule has 5 nitrogen and oxygen atoms in total. The Morgan fingerprint density at radius 2 is 2.22 bits per heavy atom. The van der Waals surface area contributed by atoms with E-state index in [0.717, 1.165) is 37.7 Å². The summed E-state index contributed by atoms with van der Waals surface area (Å²) >= 11 is 1.44.